The van der Waals surface area contributed by atoms with E-state index in [1.807, 2.05) is 47.8 Å². The van der Waals surface area contributed by atoms with Crippen LogP contribution in [0.25, 0.3) is 0 Å². The second-order valence-corrected chi connectivity index (χ2v) is 6.30. The van der Waals surface area contributed by atoms with Crippen molar-refractivity contribution in [1.29, 1.82) is 0 Å². The molecule has 25 heavy (non-hydrogen) atoms. The van der Waals surface area contributed by atoms with E-state index in [9.17, 15) is 4.79 Å². The first-order chi connectivity index (χ1) is 12.1. The van der Waals surface area contributed by atoms with Crippen LogP contribution in [0.1, 0.15) is 17.4 Å². The van der Waals surface area contributed by atoms with Crippen molar-refractivity contribution < 1.29 is 14.5 Å². The zero-order valence-corrected chi connectivity index (χ0v) is 14.8. The predicted octanol–water partition coefficient (Wildman–Crippen LogP) is 3.88. The van der Waals surface area contributed by atoms with Crippen LogP contribution in [0.15, 0.2) is 71.3 Å². The van der Waals surface area contributed by atoms with E-state index in [2.05, 4.69) is 5.32 Å². The fourth-order valence-corrected chi connectivity index (χ4v) is 3.07. The Bertz CT molecular complexity index is 816. The molecule has 3 rings (SSSR count). The highest BCUT2D eigenvalue weighted by molar-refractivity contribution is 6.39. The van der Waals surface area contributed by atoms with E-state index in [4.69, 9.17) is 27.6 Å². The van der Waals surface area contributed by atoms with Crippen molar-refractivity contribution in [2.24, 2.45) is 0 Å². The molecule has 1 atom stereocenters. The molecule has 0 aliphatic heterocycles. The topological polar surface area (TPSA) is 58.9 Å². The van der Waals surface area contributed by atoms with Gasteiger partial charge in [0.2, 0.25) is 0 Å². The molecule has 0 bridgehead atoms. The van der Waals surface area contributed by atoms with E-state index >= 15 is 0 Å². The number of nitrogens with one attached hydrogen (secondary N) is 1. The Morgan fingerprint density at radius 2 is 1.72 bits per heavy atom. The highest BCUT2D eigenvalue weighted by Gasteiger charge is 2.21. The number of anilines is 1. The standard InChI is InChI=1S/C19H16Cl2N2O2/c20-14-8-4-9-15(21)19(14)23-17(24)12-22-18(16-10-5-11-25-16)13-6-2-1-3-7-13/h1-11,18,22H,12H2,(H,23,24)/p+1/t18-/m0/s1. The molecule has 3 aromatic rings. The summed E-state index contributed by atoms with van der Waals surface area (Å²) in [5.74, 6) is 0.595. The van der Waals surface area contributed by atoms with Gasteiger partial charge < -0.3 is 15.1 Å². The smallest absolute Gasteiger partial charge is 0.279 e. The monoisotopic (exact) mass is 375 g/mol. The molecule has 0 saturated carbocycles. The lowest BCUT2D eigenvalue weighted by atomic mass is 10.0. The lowest BCUT2D eigenvalue weighted by Crippen LogP contribution is -2.87. The molecule has 1 aromatic heterocycles. The first-order valence-corrected chi connectivity index (χ1v) is 8.56. The number of carbonyl (C=O) groups excluding carboxylic acids is 1. The van der Waals surface area contributed by atoms with E-state index in [0.717, 1.165) is 11.3 Å². The van der Waals surface area contributed by atoms with Crippen molar-refractivity contribution in [3.63, 3.8) is 0 Å². The average Bonchev–Trinajstić information content (AvgIpc) is 3.14. The molecular formula is C19H17Cl2N2O2+. The molecule has 6 heteroatoms. The molecule has 1 amide bonds. The van der Waals surface area contributed by atoms with Crippen LogP contribution in [-0.2, 0) is 4.79 Å². The van der Waals surface area contributed by atoms with Gasteiger partial charge in [0.1, 0.15) is 0 Å². The number of benzene rings is 2. The van der Waals surface area contributed by atoms with Crippen molar-refractivity contribution >= 4 is 34.8 Å². The molecule has 0 radical (unpaired) electrons. The van der Waals surface area contributed by atoms with Crippen LogP contribution in [0.2, 0.25) is 10.0 Å². The van der Waals surface area contributed by atoms with E-state index in [0.29, 0.717) is 15.7 Å². The fraction of sp³-hybridized carbons (Fsp3) is 0.105. The molecule has 0 spiro atoms. The minimum absolute atomic E-state index is 0.108. The maximum Gasteiger partial charge on any atom is 0.279 e. The second-order valence-electron chi connectivity index (χ2n) is 5.49. The van der Waals surface area contributed by atoms with Crippen LogP contribution in [0, 0.1) is 0 Å². The zero-order valence-electron chi connectivity index (χ0n) is 13.3. The summed E-state index contributed by atoms with van der Waals surface area (Å²) in [4.78, 5) is 12.3. The lowest BCUT2D eigenvalue weighted by Gasteiger charge is -2.14. The summed E-state index contributed by atoms with van der Waals surface area (Å²) in [6, 6.07) is 18.6. The maximum absolute atomic E-state index is 12.3. The molecule has 0 saturated heterocycles. The Labute approximate surface area is 155 Å². The molecule has 1 heterocycles. The van der Waals surface area contributed by atoms with Gasteiger partial charge >= 0.3 is 0 Å². The van der Waals surface area contributed by atoms with Gasteiger partial charge in [0.15, 0.2) is 18.3 Å². The van der Waals surface area contributed by atoms with Gasteiger partial charge in [-0.2, -0.15) is 0 Å². The molecule has 0 unspecified atom stereocenters. The van der Waals surface area contributed by atoms with E-state index in [1.165, 1.54) is 0 Å². The summed E-state index contributed by atoms with van der Waals surface area (Å²) in [5, 5.41) is 5.49. The minimum Gasteiger partial charge on any atom is -0.463 e. The Morgan fingerprint density at radius 1 is 1.00 bits per heavy atom. The van der Waals surface area contributed by atoms with Crippen molar-refractivity contribution in [2.75, 3.05) is 11.9 Å². The molecule has 0 aliphatic carbocycles. The number of rotatable bonds is 6. The number of carbonyl (C=O) groups is 1. The highest BCUT2D eigenvalue weighted by Crippen LogP contribution is 2.29. The van der Waals surface area contributed by atoms with Crippen LogP contribution in [-0.4, -0.2) is 12.5 Å². The fourth-order valence-electron chi connectivity index (χ4n) is 2.58. The number of amides is 1. The Balaban J connectivity index is 1.70. The summed E-state index contributed by atoms with van der Waals surface area (Å²) in [6.45, 7) is 0.196. The largest absolute Gasteiger partial charge is 0.463 e. The summed E-state index contributed by atoms with van der Waals surface area (Å²) >= 11 is 12.2. The van der Waals surface area contributed by atoms with Crippen molar-refractivity contribution in [3.05, 3.63) is 88.3 Å². The van der Waals surface area contributed by atoms with Gasteiger partial charge in [-0.3, -0.25) is 4.79 Å². The SMILES string of the molecule is O=C(C[NH2+][C@@H](c1ccccc1)c1ccco1)Nc1c(Cl)cccc1Cl. The van der Waals surface area contributed by atoms with E-state index in [-0.39, 0.29) is 18.5 Å². The van der Waals surface area contributed by atoms with Crippen molar-refractivity contribution in [1.82, 2.24) is 0 Å². The molecule has 0 aliphatic rings. The third kappa shape index (κ3) is 4.42. The summed E-state index contributed by atoms with van der Waals surface area (Å²) in [6.07, 6.45) is 1.63. The minimum atomic E-state index is -0.192. The molecule has 2 aromatic carbocycles. The number of hydrogen-bond acceptors (Lipinski definition) is 2. The van der Waals surface area contributed by atoms with Gasteiger partial charge in [-0.25, -0.2) is 0 Å². The van der Waals surface area contributed by atoms with E-state index in [1.54, 1.807) is 24.5 Å². The van der Waals surface area contributed by atoms with Gasteiger partial charge in [0.25, 0.3) is 5.91 Å². The van der Waals surface area contributed by atoms with Crippen molar-refractivity contribution in [2.45, 2.75) is 6.04 Å². The van der Waals surface area contributed by atoms with E-state index < -0.39 is 0 Å². The van der Waals surface area contributed by atoms with Gasteiger partial charge in [-0.05, 0) is 24.3 Å². The Kier molecular flexibility index (Phi) is 5.76. The number of nitrogens with two attached hydrogens (primary N) is 1. The molecule has 0 fully saturated rings. The average molecular weight is 376 g/mol. The van der Waals surface area contributed by atoms with Crippen LogP contribution in [0.4, 0.5) is 5.69 Å². The van der Waals surface area contributed by atoms with Crippen LogP contribution in [0.3, 0.4) is 0 Å². The lowest BCUT2D eigenvalue weighted by molar-refractivity contribution is -0.678. The quantitative estimate of drug-likeness (QED) is 0.686. The van der Waals surface area contributed by atoms with Gasteiger partial charge in [0, 0.05) is 5.56 Å². The number of quaternary nitrogens is 1. The Hall–Kier alpha value is -2.27. The molecular weight excluding hydrogens is 359 g/mol. The Morgan fingerprint density at radius 3 is 2.36 bits per heavy atom. The second kappa shape index (κ2) is 8.21. The summed E-state index contributed by atoms with van der Waals surface area (Å²) in [5.41, 5.74) is 1.49. The van der Waals surface area contributed by atoms with Gasteiger partial charge in [-0.1, -0.05) is 59.6 Å². The molecule has 3 N–H and O–H groups in total. The van der Waals surface area contributed by atoms with Crippen LogP contribution in [0.5, 0.6) is 0 Å². The van der Waals surface area contributed by atoms with Crippen LogP contribution >= 0.6 is 23.2 Å². The van der Waals surface area contributed by atoms with Gasteiger partial charge in [-0.15, -0.1) is 0 Å². The molecule has 128 valence electrons. The number of furan rings is 1. The first-order valence-electron chi connectivity index (χ1n) is 7.80. The predicted molar refractivity (Wildman–Crippen MR) is 98.9 cm³/mol. The maximum atomic E-state index is 12.3. The normalized spacial score (nSPS) is 11.9. The van der Waals surface area contributed by atoms with Crippen LogP contribution < -0.4 is 10.6 Å². The summed E-state index contributed by atoms with van der Waals surface area (Å²) in [7, 11) is 0. The third-order valence-electron chi connectivity index (χ3n) is 3.77. The number of halogens is 2. The first kappa shape index (κ1) is 17.5. The highest BCUT2D eigenvalue weighted by atomic mass is 35.5. The van der Waals surface area contributed by atoms with Gasteiger partial charge in [0.05, 0.1) is 22.0 Å². The zero-order chi connectivity index (χ0) is 17.6. The third-order valence-corrected chi connectivity index (χ3v) is 4.40. The summed E-state index contributed by atoms with van der Waals surface area (Å²) < 4.78 is 5.53. The number of para-hydroxylation sites is 1. The van der Waals surface area contributed by atoms with Crippen molar-refractivity contribution in [3.8, 4) is 0 Å². The molecule has 4 nitrogen and oxygen atoms in total. The number of hydrogen-bond donors (Lipinski definition) is 2.